The van der Waals surface area contributed by atoms with Crippen LogP contribution >= 0.6 is 11.8 Å². The molecule has 1 aliphatic rings. The first-order valence-electron chi connectivity index (χ1n) is 8.93. The number of benzene rings is 1. The Morgan fingerprint density at radius 2 is 2.07 bits per heavy atom. The zero-order chi connectivity index (χ0) is 20.7. The second-order valence-corrected chi connectivity index (χ2v) is 8.05. The quantitative estimate of drug-likeness (QED) is 0.352. The molecule has 1 aromatic carbocycles. The first-order chi connectivity index (χ1) is 13.2. The van der Waals surface area contributed by atoms with Gasteiger partial charge in [-0.1, -0.05) is 11.8 Å². The third-order valence-corrected chi connectivity index (χ3v) is 4.47. The van der Waals surface area contributed by atoms with Crippen LogP contribution in [0.25, 0.3) is 0 Å². The lowest BCUT2D eigenvalue weighted by atomic mass is 10.1. The van der Waals surface area contributed by atoms with Crippen LogP contribution in [0.1, 0.15) is 33.6 Å². The summed E-state index contributed by atoms with van der Waals surface area (Å²) in [5.41, 5.74) is -0.223. The molecule has 0 atom stereocenters. The molecule has 7 nitrogen and oxygen atoms in total. The van der Waals surface area contributed by atoms with Crippen molar-refractivity contribution in [3.05, 3.63) is 24.0 Å². The van der Waals surface area contributed by atoms with Crippen LogP contribution in [-0.2, 0) is 4.74 Å². The molecule has 1 N–H and O–H groups in total. The van der Waals surface area contributed by atoms with Gasteiger partial charge in [-0.05, 0) is 39.2 Å². The van der Waals surface area contributed by atoms with Crippen LogP contribution in [0.15, 0.2) is 23.2 Å². The monoisotopic (exact) mass is 408 g/mol. The lowest BCUT2D eigenvalue weighted by Gasteiger charge is -2.33. The number of piperidine rings is 1. The highest BCUT2D eigenvalue weighted by Crippen LogP contribution is 2.31. The highest BCUT2D eigenvalue weighted by Gasteiger charge is 2.28. The second-order valence-electron chi connectivity index (χ2n) is 7.25. The number of halogens is 1. The molecule has 1 aliphatic heterocycles. The van der Waals surface area contributed by atoms with Crippen LogP contribution in [0.3, 0.4) is 0 Å². The molecule has 0 radical (unpaired) electrons. The van der Waals surface area contributed by atoms with Crippen molar-refractivity contribution in [1.82, 2.24) is 10.2 Å². The van der Waals surface area contributed by atoms with E-state index in [4.69, 9.17) is 14.7 Å². The van der Waals surface area contributed by atoms with E-state index in [0.717, 1.165) is 0 Å². The SMILES string of the molecule is CSC(=Nc1cc(F)ccc1OC1CCN(C(=O)OC(C)(C)C)CC1)NC#N. The number of hydrogen-bond acceptors (Lipinski definition) is 6. The molecule has 0 saturated carbocycles. The summed E-state index contributed by atoms with van der Waals surface area (Å²) in [4.78, 5) is 18.1. The predicted octanol–water partition coefficient (Wildman–Crippen LogP) is 4.03. The van der Waals surface area contributed by atoms with Gasteiger partial charge in [0.05, 0.1) is 0 Å². The van der Waals surface area contributed by atoms with Gasteiger partial charge in [0.15, 0.2) is 11.4 Å². The number of rotatable bonds is 3. The van der Waals surface area contributed by atoms with Gasteiger partial charge in [0, 0.05) is 32.0 Å². The molecule has 0 unspecified atom stereocenters. The summed E-state index contributed by atoms with van der Waals surface area (Å²) in [6.07, 6.45) is 4.37. The molecule has 0 bridgehead atoms. The van der Waals surface area contributed by atoms with Gasteiger partial charge in [0.2, 0.25) is 0 Å². The number of amides is 1. The van der Waals surface area contributed by atoms with Crippen LogP contribution in [0.4, 0.5) is 14.9 Å². The van der Waals surface area contributed by atoms with E-state index >= 15 is 0 Å². The molecule has 1 fully saturated rings. The lowest BCUT2D eigenvalue weighted by molar-refractivity contribution is 0.0127. The summed E-state index contributed by atoms with van der Waals surface area (Å²) >= 11 is 1.24. The number of hydrogen-bond donors (Lipinski definition) is 1. The first kappa shape index (κ1) is 21.8. The van der Waals surface area contributed by atoms with E-state index in [1.165, 1.54) is 30.0 Å². The van der Waals surface area contributed by atoms with Gasteiger partial charge in [-0.3, -0.25) is 5.32 Å². The number of aliphatic imine (C=N–C) groups is 1. The lowest BCUT2D eigenvalue weighted by Crippen LogP contribution is -2.44. The summed E-state index contributed by atoms with van der Waals surface area (Å²) in [7, 11) is 0. The summed E-state index contributed by atoms with van der Waals surface area (Å²) < 4.78 is 25.1. The number of nitrogens with one attached hydrogen (secondary N) is 1. The third-order valence-electron chi connectivity index (χ3n) is 3.89. The maximum absolute atomic E-state index is 13.7. The predicted molar refractivity (Wildman–Crippen MR) is 107 cm³/mol. The second kappa shape index (κ2) is 9.64. The van der Waals surface area contributed by atoms with E-state index < -0.39 is 11.4 Å². The number of likely N-dealkylation sites (tertiary alicyclic amines) is 1. The number of nitrogens with zero attached hydrogens (tertiary/aromatic N) is 3. The first-order valence-corrected chi connectivity index (χ1v) is 10.2. The van der Waals surface area contributed by atoms with Gasteiger partial charge in [-0.15, -0.1) is 0 Å². The van der Waals surface area contributed by atoms with E-state index in [-0.39, 0.29) is 12.2 Å². The highest BCUT2D eigenvalue weighted by atomic mass is 32.2. The molecule has 28 heavy (non-hydrogen) atoms. The van der Waals surface area contributed by atoms with Crippen LogP contribution in [-0.4, -0.2) is 47.2 Å². The molecular weight excluding hydrogens is 383 g/mol. The Kier molecular flexibility index (Phi) is 7.52. The topological polar surface area (TPSA) is 86.9 Å². The minimum atomic E-state index is -0.530. The normalized spacial score (nSPS) is 15.7. The zero-order valence-corrected chi connectivity index (χ0v) is 17.3. The van der Waals surface area contributed by atoms with Crippen molar-refractivity contribution in [1.29, 1.82) is 5.26 Å². The molecule has 0 aliphatic carbocycles. The molecule has 0 spiro atoms. The van der Waals surface area contributed by atoms with Crippen LogP contribution in [0.2, 0.25) is 0 Å². The summed E-state index contributed by atoms with van der Waals surface area (Å²) in [5, 5.41) is 11.6. The maximum Gasteiger partial charge on any atom is 0.410 e. The van der Waals surface area contributed by atoms with Crippen LogP contribution in [0.5, 0.6) is 5.75 Å². The Morgan fingerprint density at radius 1 is 1.39 bits per heavy atom. The van der Waals surface area contributed by atoms with E-state index in [0.29, 0.717) is 42.5 Å². The summed E-state index contributed by atoms with van der Waals surface area (Å²) in [6.45, 7) is 6.54. The number of nitriles is 1. The average Bonchev–Trinajstić information content (AvgIpc) is 2.62. The fourth-order valence-electron chi connectivity index (χ4n) is 2.62. The van der Waals surface area contributed by atoms with Crippen LogP contribution in [0, 0.1) is 17.3 Å². The molecular formula is C19H25FN4O3S. The molecule has 1 heterocycles. The Morgan fingerprint density at radius 3 is 2.64 bits per heavy atom. The van der Waals surface area contributed by atoms with Gasteiger partial charge in [0.25, 0.3) is 0 Å². The number of thioether (sulfide) groups is 1. The molecule has 2 rings (SSSR count). The average molecular weight is 408 g/mol. The largest absolute Gasteiger partial charge is 0.488 e. The van der Waals surface area contributed by atoms with Crippen molar-refractivity contribution in [2.75, 3.05) is 19.3 Å². The van der Waals surface area contributed by atoms with Crippen molar-refractivity contribution in [3.8, 4) is 11.9 Å². The van der Waals surface area contributed by atoms with Gasteiger partial charge in [-0.2, -0.15) is 5.26 Å². The van der Waals surface area contributed by atoms with Gasteiger partial charge in [-0.25, -0.2) is 14.2 Å². The number of ether oxygens (including phenoxy) is 2. The Balaban J connectivity index is 2.04. The third kappa shape index (κ3) is 6.60. The molecule has 9 heteroatoms. The number of amidine groups is 1. The summed E-state index contributed by atoms with van der Waals surface area (Å²) in [5.74, 6) is -0.00772. The van der Waals surface area contributed by atoms with Gasteiger partial charge in [0.1, 0.15) is 29.0 Å². The number of carbonyl (C=O) groups is 1. The minimum absolute atomic E-state index is 0.125. The molecule has 1 saturated heterocycles. The molecule has 152 valence electrons. The van der Waals surface area contributed by atoms with Crippen LogP contribution < -0.4 is 10.1 Å². The Bertz CT molecular complexity index is 765. The Labute approximate surface area is 168 Å². The standard InChI is InChI=1S/C19H25FN4O3S/c1-19(2,3)27-18(25)24-9-7-14(8-10-24)26-16-6-5-13(20)11-15(16)23-17(28-4)22-12-21/h5-6,11,14H,7-10H2,1-4H3,(H,22,23). The smallest absolute Gasteiger partial charge is 0.410 e. The van der Waals surface area contributed by atoms with E-state index in [1.54, 1.807) is 17.3 Å². The van der Waals surface area contributed by atoms with E-state index in [9.17, 15) is 9.18 Å². The van der Waals surface area contributed by atoms with Crippen molar-refractivity contribution < 1.29 is 18.7 Å². The van der Waals surface area contributed by atoms with Gasteiger partial charge < -0.3 is 14.4 Å². The van der Waals surface area contributed by atoms with Crippen molar-refractivity contribution in [2.45, 2.75) is 45.3 Å². The molecule has 0 aromatic heterocycles. The van der Waals surface area contributed by atoms with Gasteiger partial charge >= 0.3 is 6.09 Å². The molecule has 1 aromatic rings. The highest BCUT2D eigenvalue weighted by molar-refractivity contribution is 8.13. The fourth-order valence-corrected chi connectivity index (χ4v) is 2.96. The Hall–Kier alpha value is -2.47. The number of carbonyl (C=O) groups excluding carboxylic acids is 1. The van der Waals surface area contributed by atoms with Crippen molar-refractivity contribution in [2.24, 2.45) is 4.99 Å². The van der Waals surface area contributed by atoms with E-state index in [2.05, 4.69) is 10.3 Å². The molecule has 1 amide bonds. The van der Waals surface area contributed by atoms with E-state index in [1.807, 2.05) is 20.8 Å². The van der Waals surface area contributed by atoms with Crippen molar-refractivity contribution in [3.63, 3.8) is 0 Å². The minimum Gasteiger partial charge on any atom is -0.488 e. The zero-order valence-electron chi connectivity index (χ0n) is 16.5. The summed E-state index contributed by atoms with van der Waals surface area (Å²) in [6, 6.07) is 4.10. The maximum atomic E-state index is 13.7. The fraction of sp³-hybridized carbons (Fsp3) is 0.526. The van der Waals surface area contributed by atoms with Crippen molar-refractivity contribution >= 4 is 28.7 Å².